The minimum absolute atomic E-state index is 0.00111. The third-order valence-corrected chi connectivity index (χ3v) is 5.66. The first-order chi connectivity index (χ1) is 9.89. The molecule has 1 amide bonds. The predicted octanol–water partition coefficient (Wildman–Crippen LogP) is 0.977. The Morgan fingerprint density at radius 1 is 1.38 bits per heavy atom. The first-order valence-corrected chi connectivity index (χ1v) is 8.30. The Morgan fingerprint density at radius 2 is 2.05 bits per heavy atom. The van der Waals surface area contributed by atoms with E-state index in [9.17, 15) is 4.79 Å². The second-order valence-corrected chi connectivity index (χ2v) is 6.91. The van der Waals surface area contributed by atoms with E-state index in [-0.39, 0.29) is 23.3 Å². The zero-order chi connectivity index (χ0) is 15.7. The quantitative estimate of drug-likeness (QED) is 0.687. The molecule has 1 heterocycles. The number of rotatable bonds is 7. The first-order valence-electron chi connectivity index (χ1n) is 8.30. The fourth-order valence-corrected chi connectivity index (χ4v) is 4.04. The zero-order valence-corrected chi connectivity index (χ0v) is 13.9. The molecule has 5 nitrogen and oxygen atoms in total. The molecule has 3 N–H and O–H groups in total. The first kappa shape index (κ1) is 16.7. The number of hydrogen-bond donors (Lipinski definition) is 2. The number of hydrogen-bond acceptors (Lipinski definition) is 4. The van der Waals surface area contributed by atoms with Crippen molar-refractivity contribution >= 4 is 5.91 Å². The Hall–Kier alpha value is -0.650. The lowest BCUT2D eigenvalue weighted by atomic mass is 9.48. The van der Waals surface area contributed by atoms with Crippen LogP contribution in [0, 0.1) is 11.3 Å². The summed E-state index contributed by atoms with van der Waals surface area (Å²) in [5.74, 6) is 0.175. The summed E-state index contributed by atoms with van der Waals surface area (Å²) >= 11 is 0. The maximum atomic E-state index is 12.6. The van der Waals surface area contributed by atoms with Crippen LogP contribution in [0.15, 0.2) is 0 Å². The molecule has 2 fully saturated rings. The summed E-state index contributed by atoms with van der Waals surface area (Å²) in [6.07, 6.45) is 2.01. The van der Waals surface area contributed by atoms with Crippen molar-refractivity contribution in [3.05, 3.63) is 0 Å². The van der Waals surface area contributed by atoms with Crippen LogP contribution in [0.5, 0.6) is 0 Å². The van der Waals surface area contributed by atoms with E-state index in [2.05, 4.69) is 37.9 Å². The summed E-state index contributed by atoms with van der Waals surface area (Å²) in [6, 6.07) is 0. The lowest BCUT2D eigenvalue weighted by Crippen LogP contribution is -2.80. The van der Waals surface area contributed by atoms with Gasteiger partial charge in [-0.15, -0.1) is 0 Å². The molecule has 0 aromatic heterocycles. The second-order valence-electron chi connectivity index (χ2n) is 6.91. The van der Waals surface area contributed by atoms with Crippen molar-refractivity contribution in [2.75, 3.05) is 32.8 Å². The van der Waals surface area contributed by atoms with Gasteiger partial charge in [-0.05, 0) is 32.5 Å². The Balaban J connectivity index is 1.83. The molecule has 5 heteroatoms. The maximum absolute atomic E-state index is 12.6. The third-order valence-electron chi connectivity index (χ3n) is 5.66. The van der Waals surface area contributed by atoms with E-state index in [0.29, 0.717) is 6.54 Å². The minimum atomic E-state index is -0.774. The second kappa shape index (κ2) is 6.23. The van der Waals surface area contributed by atoms with Crippen LogP contribution in [0.3, 0.4) is 0 Å². The third kappa shape index (κ3) is 2.60. The van der Waals surface area contributed by atoms with Crippen molar-refractivity contribution in [1.29, 1.82) is 0 Å². The molecule has 3 unspecified atom stereocenters. The van der Waals surface area contributed by atoms with Crippen molar-refractivity contribution < 1.29 is 9.53 Å². The lowest BCUT2D eigenvalue weighted by molar-refractivity contribution is -0.175. The molecule has 0 aromatic rings. The monoisotopic (exact) mass is 297 g/mol. The van der Waals surface area contributed by atoms with Crippen molar-refractivity contribution in [2.24, 2.45) is 17.1 Å². The van der Waals surface area contributed by atoms with Gasteiger partial charge in [-0.25, -0.2) is 0 Å². The highest BCUT2D eigenvalue weighted by molar-refractivity contribution is 5.89. The normalized spacial score (nSPS) is 33.6. The van der Waals surface area contributed by atoms with Crippen molar-refractivity contribution in [2.45, 2.75) is 52.2 Å². The molecule has 0 spiro atoms. The van der Waals surface area contributed by atoms with Gasteiger partial charge in [-0.2, -0.15) is 0 Å². The van der Waals surface area contributed by atoms with Crippen LogP contribution in [0.1, 0.15) is 40.5 Å². The number of ether oxygens (including phenoxy) is 1. The lowest BCUT2D eigenvalue weighted by Gasteiger charge is -2.60. The number of fused-ring (bicyclic) bond motifs is 1. The molecule has 2 aliphatic rings. The maximum Gasteiger partial charge on any atom is 0.241 e. The van der Waals surface area contributed by atoms with Gasteiger partial charge in [0.2, 0.25) is 5.91 Å². The fraction of sp³-hybridized carbons (Fsp3) is 0.938. The predicted molar refractivity (Wildman–Crippen MR) is 84.0 cm³/mol. The van der Waals surface area contributed by atoms with Gasteiger partial charge in [0.05, 0.1) is 6.10 Å². The van der Waals surface area contributed by atoms with Gasteiger partial charge in [0.15, 0.2) is 0 Å². The Labute approximate surface area is 128 Å². The molecule has 21 heavy (non-hydrogen) atoms. The Morgan fingerprint density at radius 3 is 2.67 bits per heavy atom. The van der Waals surface area contributed by atoms with Gasteiger partial charge in [0.25, 0.3) is 0 Å². The van der Waals surface area contributed by atoms with Crippen LogP contribution < -0.4 is 11.1 Å². The van der Waals surface area contributed by atoms with E-state index in [4.69, 9.17) is 10.5 Å². The summed E-state index contributed by atoms with van der Waals surface area (Å²) in [5, 5.41) is 3.05. The van der Waals surface area contributed by atoms with Crippen LogP contribution in [0.4, 0.5) is 0 Å². The molecule has 3 atom stereocenters. The van der Waals surface area contributed by atoms with Crippen molar-refractivity contribution in [3.63, 3.8) is 0 Å². The topological polar surface area (TPSA) is 67.6 Å². The van der Waals surface area contributed by atoms with Gasteiger partial charge < -0.3 is 20.7 Å². The Bertz CT molecular complexity index is 382. The van der Waals surface area contributed by atoms with E-state index in [1.54, 1.807) is 0 Å². The van der Waals surface area contributed by atoms with Gasteiger partial charge in [-0.1, -0.05) is 27.7 Å². The van der Waals surface area contributed by atoms with E-state index in [1.165, 1.54) is 0 Å². The molecule has 1 aliphatic carbocycles. The molecule has 0 radical (unpaired) electrons. The number of carbonyl (C=O) groups excluding carboxylic acids is 1. The van der Waals surface area contributed by atoms with Crippen molar-refractivity contribution in [1.82, 2.24) is 10.2 Å². The molecule has 2 rings (SSSR count). The zero-order valence-electron chi connectivity index (χ0n) is 13.9. The van der Waals surface area contributed by atoms with Crippen LogP contribution in [0.2, 0.25) is 0 Å². The smallest absolute Gasteiger partial charge is 0.241 e. The highest BCUT2D eigenvalue weighted by Crippen LogP contribution is 2.58. The van der Waals surface area contributed by atoms with Gasteiger partial charge in [0, 0.05) is 24.5 Å². The summed E-state index contributed by atoms with van der Waals surface area (Å²) in [4.78, 5) is 14.9. The number of amides is 1. The molecular formula is C16H31N3O2. The summed E-state index contributed by atoms with van der Waals surface area (Å²) in [5.41, 5.74) is 5.45. The number of carbonyl (C=O) groups is 1. The number of nitrogens with zero attached hydrogens (tertiary/aromatic N) is 1. The molecular weight excluding hydrogens is 266 g/mol. The molecule has 1 aliphatic heterocycles. The number of nitrogens with one attached hydrogen (secondary N) is 1. The van der Waals surface area contributed by atoms with Gasteiger partial charge in [-0.3, -0.25) is 4.79 Å². The van der Waals surface area contributed by atoms with Crippen LogP contribution in [0.25, 0.3) is 0 Å². The fourth-order valence-electron chi connectivity index (χ4n) is 4.04. The summed E-state index contributed by atoms with van der Waals surface area (Å²) in [7, 11) is 0. The molecule has 1 saturated heterocycles. The Kier molecular flexibility index (Phi) is 4.96. The molecule has 0 aromatic carbocycles. The van der Waals surface area contributed by atoms with Gasteiger partial charge >= 0.3 is 0 Å². The van der Waals surface area contributed by atoms with E-state index < -0.39 is 5.54 Å². The number of nitrogens with two attached hydrogens (primary N) is 1. The van der Waals surface area contributed by atoms with Crippen LogP contribution in [-0.2, 0) is 9.53 Å². The summed E-state index contributed by atoms with van der Waals surface area (Å²) < 4.78 is 5.73. The highest BCUT2D eigenvalue weighted by Gasteiger charge is 2.71. The average Bonchev–Trinajstić information content (AvgIpc) is 2.94. The van der Waals surface area contributed by atoms with E-state index in [0.717, 1.165) is 39.1 Å². The highest BCUT2D eigenvalue weighted by atomic mass is 16.5. The summed E-state index contributed by atoms with van der Waals surface area (Å²) in [6.45, 7) is 13.0. The van der Waals surface area contributed by atoms with Crippen LogP contribution in [-0.4, -0.2) is 55.2 Å². The standard InChI is InChI=1S/C16H31N3O2/c1-5-19(6-2)10-7-9-18-14(20)16(17)12-8-11-21-13(12)15(16,3)4/h12-13H,5-11,17H2,1-4H3,(H,18,20). The SMILES string of the molecule is CCN(CC)CCCNC(=O)C1(N)C2CCOC2C1(C)C. The average molecular weight is 297 g/mol. The minimum Gasteiger partial charge on any atom is -0.377 e. The van der Waals surface area contributed by atoms with Crippen molar-refractivity contribution in [3.8, 4) is 0 Å². The molecule has 1 saturated carbocycles. The van der Waals surface area contributed by atoms with Gasteiger partial charge in [0.1, 0.15) is 5.54 Å². The largest absolute Gasteiger partial charge is 0.377 e. The van der Waals surface area contributed by atoms with E-state index in [1.807, 2.05) is 0 Å². The van der Waals surface area contributed by atoms with E-state index >= 15 is 0 Å². The molecule has 122 valence electrons. The molecule has 0 bridgehead atoms. The van der Waals surface area contributed by atoms with Crippen LogP contribution >= 0.6 is 0 Å².